The molecule has 0 aliphatic rings. The molecule has 0 spiro atoms. The molecule has 6 nitrogen and oxygen atoms in total. The molecule has 1 aromatic carbocycles. The third kappa shape index (κ3) is 5.35. The average molecular weight is 314 g/mol. The van der Waals surface area contributed by atoms with E-state index in [1.54, 1.807) is 32.2 Å². The Hall–Kier alpha value is -1.60. The van der Waals surface area contributed by atoms with Crippen LogP contribution in [0.4, 0.5) is 11.4 Å². The van der Waals surface area contributed by atoms with Crippen LogP contribution in [0, 0.1) is 0 Å². The molecule has 118 valence electrons. The van der Waals surface area contributed by atoms with Crippen LogP contribution in [-0.4, -0.2) is 41.9 Å². The Bertz CT molecular complexity index is 508. The molecule has 21 heavy (non-hydrogen) atoms. The SMILES string of the molecule is COCCCS(=O)C(C)C(=O)Nc1ccc(N)cc1OC. The van der Waals surface area contributed by atoms with Crippen LogP contribution in [0.1, 0.15) is 13.3 Å². The second-order valence-electron chi connectivity index (χ2n) is 4.52. The Kier molecular flexibility index (Phi) is 7.18. The first-order chi connectivity index (χ1) is 9.99. The molecule has 0 bridgehead atoms. The van der Waals surface area contributed by atoms with Crippen LogP contribution in [-0.2, 0) is 20.3 Å². The van der Waals surface area contributed by atoms with Gasteiger partial charge in [0.05, 0.1) is 12.8 Å². The van der Waals surface area contributed by atoms with Crippen molar-refractivity contribution >= 4 is 28.1 Å². The van der Waals surface area contributed by atoms with E-state index in [-0.39, 0.29) is 5.91 Å². The summed E-state index contributed by atoms with van der Waals surface area (Å²) >= 11 is 0. The molecule has 0 saturated carbocycles. The molecule has 2 atom stereocenters. The predicted octanol–water partition coefficient (Wildman–Crippen LogP) is 1.39. The highest BCUT2D eigenvalue weighted by Crippen LogP contribution is 2.26. The van der Waals surface area contributed by atoms with E-state index in [1.807, 2.05) is 0 Å². The Balaban J connectivity index is 2.65. The van der Waals surface area contributed by atoms with E-state index in [9.17, 15) is 9.00 Å². The number of carbonyl (C=O) groups is 1. The Morgan fingerprint density at radius 1 is 1.43 bits per heavy atom. The lowest BCUT2D eigenvalue weighted by atomic mass is 10.2. The summed E-state index contributed by atoms with van der Waals surface area (Å²) in [4.78, 5) is 12.1. The predicted molar refractivity (Wildman–Crippen MR) is 85.0 cm³/mol. The maximum Gasteiger partial charge on any atom is 0.239 e. The Morgan fingerprint density at radius 2 is 2.14 bits per heavy atom. The molecule has 2 unspecified atom stereocenters. The fourth-order valence-electron chi connectivity index (χ4n) is 1.69. The van der Waals surface area contributed by atoms with Crippen LogP contribution in [0.2, 0.25) is 0 Å². The molecule has 0 radical (unpaired) electrons. The van der Waals surface area contributed by atoms with Gasteiger partial charge in [0.2, 0.25) is 5.91 Å². The number of nitrogen functional groups attached to an aromatic ring is 1. The number of anilines is 2. The summed E-state index contributed by atoms with van der Waals surface area (Å²) in [5, 5.41) is 2.11. The third-order valence-corrected chi connectivity index (χ3v) is 4.63. The van der Waals surface area contributed by atoms with Crippen molar-refractivity contribution in [2.45, 2.75) is 18.6 Å². The van der Waals surface area contributed by atoms with Gasteiger partial charge in [-0.15, -0.1) is 0 Å². The van der Waals surface area contributed by atoms with Crippen molar-refractivity contribution in [3.63, 3.8) is 0 Å². The van der Waals surface area contributed by atoms with Gasteiger partial charge in [0.25, 0.3) is 0 Å². The molecule has 0 aromatic heterocycles. The minimum Gasteiger partial charge on any atom is -0.494 e. The number of hydrogen-bond acceptors (Lipinski definition) is 5. The summed E-state index contributed by atoms with van der Waals surface area (Å²) in [7, 11) is 1.85. The average Bonchev–Trinajstić information content (AvgIpc) is 2.48. The monoisotopic (exact) mass is 314 g/mol. The summed E-state index contributed by atoms with van der Waals surface area (Å²) in [6, 6.07) is 4.95. The smallest absolute Gasteiger partial charge is 0.239 e. The number of carbonyl (C=O) groups excluding carboxylic acids is 1. The molecule has 0 aliphatic carbocycles. The van der Waals surface area contributed by atoms with Crippen molar-refractivity contribution in [1.82, 2.24) is 0 Å². The fourth-order valence-corrected chi connectivity index (χ4v) is 2.74. The van der Waals surface area contributed by atoms with E-state index < -0.39 is 16.0 Å². The molecule has 0 fully saturated rings. The van der Waals surface area contributed by atoms with Crippen molar-refractivity contribution in [1.29, 1.82) is 0 Å². The number of nitrogens with one attached hydrogen (secondary N) is 1. The van der Waals surface area contributed by atoms with Gasteiger partial charge in [0.1, 0.15) is 11.0 Å². The number of nitrogens with two attached hydrogens (primary N) is 1. The van der Waals surface area contributed by atoms with Gasteiger partial charge >= 0.3 is 0 Å². The highest BCUT2D eigenvalue weighted by atomic mass is 32.2. The van der Waals surface area contributed by atoms with Crippen LogP contribution < -0.4 is 15.8 Å². The first-order valence-electron chi connectivity index (χ1n) is 6.60. The van der Waals surface area contributed by atoms with Gasteiger partial charge in [-0.05, 0) is 25.5 Å². The van der Waals surface area contributed by atoms with Gasteiger partial charge in [-0.25, -0.2) is 0 Å². The Labute approximate surface area is 127 Å². The fraction of sp³-hybridized carbons (Fsp3) is 0.500. The van der Waals surface area contributed by atoms with Crippen LogP contribution in [0.15, 0.2) is 18.2 Å². The van der Waals surface area contributed by atoms with Crippen LogP contribution in [0.5, 0.6) is 5.75 Å². The van der Waals surface area contributed by atoms with Crippen LogP contribution in [0.25, 0.3) is 0 Å². The maximum atomic E-state index is 12.1. The largest absolute Gasteiger partial charge is 0.494 e. The molecule has 1 rings (SSSR count). The highest BCUT2D eigenvalue weighted by Gasteiger charge is 2.20. The number of amides is 1. The van der Waals surface area contributed by atoms with Gasteiger partial charge in [-0.3, -0.25) is 9.00 Å². The van der Waals surface area contributed by atoms with Gasteiger partial charge in [-0.1, -0.05) is 0 Å². The zero-order chi connectivity index (χ0) is 15.8. The number of benzene rings is 1. The molecule has 0 heterocycles. The maximum absolute atomic E-state index is 12.1. The molecule has 7 heteroatoms. The summed E-state index contributed by atoms with van der Waals surface area (Å²) in [6.07, 6.45) is 0.659. The van der Waals surface area contributed by atoms with Gasteiger partial charge in [0.15, 0.2) is 0 Å². The lowest BCUT2D eigenvalue weighted by Gasteiger charge is -2.14. The highest BCUT2D eigenvalue weighted by molar-refractivity contribution is 7.86. The quantitative estimate of drug-likeness (QED) is 0.559. The van der Waals surface area contributed by atoms with Crippen molar-refractivity contribution in [2.75, 3.05) is 37.6 Å². The normalized spacial score (nSPS) is 13.5. The van der Waals surface area contributed by atoms with Crippen LogP contribution >= 0.6 is 0 Å². The molecule has 0 aliphatic heterocycles. The minimum atomic E-state index is -1.24. The lowest BCUT2D eigenvalue weighted by molar-refractivity contribution is -0.115. The second-order valence-corrected chi connectivity index (χ2v) is 6.40. The summed E-state index contributed by atoms with van der Waals surface area (Å²) in [5.74, 6) is 0.593. The number of hydrogen-bond donors (Lipinski definition) is 2. The van der Waals surface area contributed by atoms with Crippen molar-refractivity contribution in [2.24, 2.45) is 0 Å². The van der Waals surface area contributed by atoms with Crippen molar-refractivity contribution in [3.8, 4) is 5.75 Å². The van der Waals surface area contributed by atoms with E-state index in [0.717, 1.165) is 0 Å². The molecular formula is C14H22N2O4S. The van der Waals surface area contributed by atoms with E-state index in [4.69, 9.17) is 15.2 Å². The van der Waals surface area contributed by atoms with Crippen molar-refractivity contribution < 1.29 is 18.5 Å². The van der Waals surface area contributed by atoms with Gasteiger partial charge in [0, 0.05) is 42.0 Å². The zero-order valence-corrected chi connectivity index (χ0v) is 13.4. The molecule has 3 N–H and O–H groups in total. The third-order valence-electron chi connectivity index (χ3n) is 2.94. The van der Waals surface area contributed by atoms with Gasteiger partial charge < -0.3 is 20.5 Å². The molecular weight excluding hydrogens is 292 g/mol. The summed E-state index contributed by atoms with van der Waals surface area (Å²) < 4.78 is 22.1. The standard InChI is InChI=1S/C14H22N2O4S/c1-10(21(18)8-4-7-19-2)14(17)16-12-6-5-11(15)9-13(12)20-3/h5-6,9-10H,4,7-8,15H2,1-3H3,(H,16,17). The molecule has 0 saturated heterocycles. The number of ether oxygens (including phenoxy) is 2. The lowest BCUT2D eigenvalue weighted by Crippen LogP contribution is -2.30. The van der Waals surface area contributed by atoms with E-state index in [2.05, 4.69) is 5.32 Å². The first-order valence-corrected chi connectivity index (χ1v) is 7.98. The summed E-state index contributed by atoms with van der Waals surface area (Å²) in [6.45, 7) is 2.17. The first kappa shape index (κ1) is 17.5. The van der Waals surface area contributed by atoms with Crippen LogP contribution in [0.3, 0.4) is 0 Å². The number of methoxy groups -OCH3 is 2. The van der Waals surface area contributed by atoms with Crippen molar-refractivity contribution in [3.05, 3.63) is 18.2 Å². The number of rotatable bonds is 8. The second kappa shape index (κ2) is 8.63. The zero-order valence-electron chi connectivity index (χ0n) is 12.5. The molecule has 1 aromatic rings. The summed E-state index contributed by atoms with van der Waals surface area (Å²) in [5.41, 5.74) is 6.71. The van der Waals surface area contributed by atoms with E-state index >= 15 is 0 Å². The topological polar surface area (TPSA) is 90.7 Å². The minimum absolute atomic E-state index is 0.311. The molecule has 1 amide bonds. The van der Waals surface area contributed by atoms with E-state index in [1.165, 1.54) is 7.11 Å². The van der Waals surface area contributed by atoms with E-state index in [0.29, 0.717) is 35.9 Å². The Morgan fingerprint density at radius 3 is 2.76 bits per heavy atom. The van der Waals surface area contributed by atoms with Gasteiger partial charge in [-0.2, -0.15) is 0 Å².